The van der Waals surface area contributed by atoms with Crippen LogP contribution in [0.15, 0.2) is 30.7 Å². The fourth-order valence-electron chi connectivity index (χ4n) is 1.69. The number of H-pyrrole nitrogens is 2. The van der Waals surface area contributed by atoms with E-state index in [1.807, 2.05) is 18.3 Å². The molecule has 0 aliphatic heterocycles. The predicted molar refractivity (Wildman–Crippen MR) is 51.8 cm³/mol. The number of aromatic amines is 2. The molecule has 0 aliphatic rings. The molecule has 76 valence electrons. The summed E-state index contributed by atoms with van der Waals surface area (Å²) < 4.78 is 0. The molecule has 0 amide bonds. The maximum atomic E-state index is 9.66. The van der Waals surface area contributed by atoms with Crippen molar-refractivity contribution in [1.82, 2.24) is 9.97 Å². The monoisotopic (exact) mass is 265 g/mol. The SMILES string of the molecule is Oc1cc2[nH]cccc2c2[nH+]cnc12.[Br-]. The maximum absolute atomic E-state index is 9.66. The highest BCUT2D eigenvalue weighted by Gasteiger charge is 2.14. The fourth-order valence-corrected chi connectivity index (χ4v) is 1.69. The van der Waals surface area contributed by atoms with Crippen LogP contribution in [-0.4, -0.2) is 15.1 Å². The zero-order valence-corrected chi connectivity index (χ0v) is 9.25. The minimum atomic E-state index is 0. The van der Waals surface area contributed by atoms with Crippen molar-refractivity contribution in [3.63, 3.8) is 0 Å². The van der Waals surface area contributed by atoms with Gasteiger partial charge in [-0.1, -0.05) is 0 Å². The van der Waals surface area contributed by atoms with Crippen molar-refractivity contribution in [3.8, 4) is 5.75 Å². The number of aromatic nitrogens is 3. The molecule has 0 atom stereocenters. The van der Waals surface area contributed by atoms with E-state index in [9.17, 15) is 5.11 Å². The molecule has 2 heterocycles. The zero-order valence-electron chi connectivity index (χ0n) is 7.66. The molecular formula is C10H8BrN3O. The van der Waals surface area contributed by atoms with Crippen LogP contribution in [0, 0.1) is 0 Å². The van der Waals surface area contributed by atoms with Crippen molar-refractivity contribution in [2.24, 2.45) is 0 Å². The summed E-state index contributed by atoms with van der Waals surface area (Å²) in [4.78, 5) is 10.1. The van der Waals surface area contributed by atoms with Gasteiger partial charge in [0.05, 0.1) is 5.52 Å². The third kappa shape index (κ3) is 1.35. The first-order chi connectivity index (χ1) is 6.86. The number of imidazole rings is 1. The summed E-state index contributed by atoms with van der Waals surface area (Å²) in [5.41, 5.74) is 2.36. The summed E-state index contributed by atoms with van der Waals surface area (Å²) in [5.74, 6) is 0.191. The number of fused-ring (bicyclic) bond motifs is 3. The molecular weight excluding hydrogens is 258 g/mol. The molecule has 5 heteroatoms. The number of phenols is 1. The largest absolute Gasteiger partial charge is 1.00 e. The Kier molecular flexibility index (Phi) is 2.32. The normalized spacial score (nSPS) is 10.4. The van der Waals surface area contributed by atoms with Crippen LogP contribution in [0.3, 0.4) is 0 Å². The summed E-state index contributed by atoms with van der Waals surface area (Å²) in [7, 11) is 0. The van der Waals surface area contributed by atoms with Gasteiger partial charge in [-0.3, -0.25) is 0 Å². The fraction of sp³-hybridized carbons (Fsp3) is 0. The third-order valence-corrected chi connectivity index (χ3v) is 2.32. The number of halogens is 1. The zero-order chi connectivity index (χ0) is 9.54. The lowest BCUT2D eigenvalue weighted by Crippen LogP contribution is -3.00. The van der Waals surface area contributed by atoms with E-state index in [4.69, 9.17) is 0 Å². The lowest BCUT2D eigenvalue weighted by molar-refractivity contribution is -0.343. The van der Waals surface area contributed by atoms with Crippen molar-refractivity contribution in [1.29, 1.82) is 0 Å². The molecule has 15 heavy (non-hydrogen) atoms. The molecule has 0 radical (unpaired) electrons. The Morgan fingerprint density at radius 1 is 1.40 bits per heavy atom. The van der Waals surface area contributed by atoms with Crippen LogP contribution in [0.2, 0.25) is 0 Å². The van der Waals surface area contributed by atoms with Crippen LogP contribution in [0.25, 0.3) is 21.9 Å². The summed E-state index contributed by atoms with van der Waals surface area (Å²) >= 11 is 0. The van der Waals surface area contributed by atoms with Crippen LogP contribution >= 0.6 is 0 Å². The van der Waals surface area contributed by atoms with Gasteiger partial charge in [-0.25, -0.2) is 4.98 Å². The summed E-state index contributed by atoms with van der Waals surface area (Å²) in [5, 5.41) is 10.7. The van der Waals surface area contributed by atoms with Gasteiger partial charge in [0.25, 0.3) is 11.8 Å². The molecule has 0 unspecified atom stereocenters. The van der Waals surface area contributed by atoms with Gasteiger partial charge in [0, 0.05) is 17.6 Å². The molecule has 0 saturated heterocycles. The van der Waals surface area contributed by atoms with E-state index in [0.29, 0.717) is 5.52 Å². The van der Waals surface area contributed by atoms with Gasteiger partial charge in [-0.05, 0) is 17.1 Å². The Labute approximate surface area is 95.8 Å². The topological polar surface area (TPSA) is 63.0 Å². The summed E-state index contributed by atoms with van der Waals surface area (Å²) in [6.07, 6.45) is 3.40. The average Bonchev–Trinajstić information content (AvgIpc) is 2.67. The molecule has 4 nitrogen and oxygen atoms in total. The molecule has 2 aromatic heterocycles. The number of pyridine rings is 1. The Morgan fingerprint density at radius 2 is 2.27 bits per heavy atom. The highest BCUT2D eigenvalue weighted by atomic mass is 79.9. The minimum Gasteiger partial charge on any atom is -1.00 e. The second-order valence-electron chi connectivity index (χ2n) is 3.15. The van der Waals surface area contributed by atoms with E-state index >= 15 is 0 Å². The second kappa shape index (κ2) is 3.51. The van der Waals surface area contributed by atoms with E-state index in [0.717, 1.165) is 16.4 Å². The van der Waals surface area contributed by atoms with Gasteiger partial charge in [-0.15, -0.1) is 0 Å². The molecule has 0 bridgehead atoms. The Bertz CT molecular complexity index is 620. The van der Waals surface area contributed by atoms with Gasteiger partial charge in [0.2, 0.25) is 0 Å². The van der Waals surface area contributed by atoms with Crippen LogP contribution in [0.4, 0.5) is 0 Å². The summed E-state index contributed by atoms with van der Waals surface area (Å²) in [6.45, 7) is 0. The number of benzene rings is 1. The number of hydrogen-bond donors (Lipinski definition) is 2. The number of nitrogens with zero attached hydrogens (tertiary/aromatic N) is 1. The van der Waals surface area contributed by atoms with Crippen molar-refractivity contribution < 1.29 is 27.1 Å². The highest BCUT2D eigenvalue weighted by molar-refractivity contribution is 6.03. The maximum Gasteiger partial charge on any atom is 0.285 e. The van der Waals surface area contributed by atoms with Crippen molar-refractivity contribution in [2.45, 2.75) is 0 Å². The molecule has 3 rings (SSSR count). The first-order valence-electron chi connectivity index (χ1n) is 4.32. The van der Waals surface area contributed by atoms with Gasteiger partial charge in [0.1, 0.15) is 0 Å². The van der Waals surface area contributed by atoms with E-state index < -0.39 is 0 Å². The standard InChI is InChI=1S/C10H7N3O.BrH/c14-8-4-7-6(2-1-3-11-7)9-10(8)13-5-12-9;/h1-5,11,14H;1H. The number of rotatable bonds is 0. The smallest absolute Gasteiger partial charge is 0.285 e. The molecule has 3 aromatic rings. The van der Waals surface area contributed by atoms with E-state index in [-0.39, 0.29) is 22.7 Å². The minimum absolute atomic E-state index is 0. The van der Waals surface area contributed by atoms with Crippen LogP contribution in [-0.2, 0) is 0 Å². The number of hydrogen-bond acceptors (Lipinski definition) is 2. The molecule has 3 N–H and O–H groups in total. The van der Waals surface area contributed by atoms with E-state index in [1.165, 1.54) is 0 Å². The lowest BCUT2D eigenvalue weighted by Gasteiger charge is -1.96. The quantitative estimate of drug-likeness (QED) is 0.506. The molecule has 0 aliphatic carbocycles. The lowest BCUT2D eigenvalue weighted by atomic mass is 10.2. The van der Waals surface area contributed by atoms with E-state index in [1.54, 1.807) is 12.4 Å². The van der Waals surface area contributed by atoms with Crippen molar-refractivity contribution in [2.75, 3.05) is 0 Å². The van der Waals surface area contributed by atoms with Crippen LogP contribution in [0.1, 0.15) is 0 Å². The molecule has 0 fully saturated rings. The van der Waals surface area contributed by atoms with Crippen molar-refractivity contribution >= 4 is 21.9 Å². The Morgan fingerprint density at radius 3 is 3.13 bits per heavy atom. The average molecular weight is 266 g/mol. The number of phenolic OH excluding ortho intramolecular Hbond substituents is 1. The molecule has 1 aromatic carbocycles. The van der Waals surface area contributed by atoms with E-state index in [2.05, 4.69) is 15.0 Å². The Balaban J connectivity index is 0.000000853. The predicted octanol–water partition coefficient (Wildman–Crippen LogP) is -1.76. The highest BCUT2D eigenvalue weighted by Crippen LogP contribution is 2.26. The van der Waals surface area contributed by atoms with Crippen LogP contribution < -0.4 is 22.0 Å². The first kappa shape index (κ1) is 9.92. The van der Waals surface area contributed by atoms with Crippen molar-refractivity contribution in [3.05, 3.63) is 30.7 Å². The van der Waals surface area contributed by atoms with Gasteiger partial charge >= 0.3 is 0 Å². The number of aromatic hydroxyl groups is 1. The summed E-state index contributed by atoms with van der Waals surface area (Å²) in [6, 6.07) is 5.57. The van der Waals surface area contributed by atoms with Gasteiger partial charge < -0.3 is 27.1 Å². The molecule has 0 spiro atoms. The number of nitrogens with one attached hydrogen (secondary N) is 2. The van der Waals surface area contributed by atoms with Gasteiger partial charge in [-0.2, -0.15) is 0 Å². The third-order valence-electron chi connectivity index (χ3n) is 2.32. The second-order valence-corrected chi connectivity index (χ2v) is 3.15. The van der Waals surface area contributed by atoms with Crippen LogP contribution in [0.5, 0.6) is 5.75 Å². The van der Waals surface area contributed by atoms with Gasteiger partial charge in [0.15, 0.2) is 11.3 Å². The Hall–Kier alpha value is -1.62. The first-order valence-corrected chi connectivity index (χ1v) is 4.32. The molecule has 0 saturated carbocycles.